The van der Waals surface area contributed by atoms with Crippen LogP contribution in [0.5, 0.6) is 0 Å². The molecule has 1 N–H and O–H groups in total. The molecule has 94 valence electrons. The maximum atomic E-state index is 10.8. The summed E-state index contributed by atoms with van der Waals surface area (Å²) in [6, 6.07) is 3.58. The first-order valence-corrected chi connectivity index (χ1v) is 5.98. The summed E-state index contributed by atoms with van der Waals surface area (Å²) in [5.74, 6) is -1.00. The number of hydrogen-bond donors (Lipinski definition) is 1. The molecule has 0 saturated carbocycles. The molecule has 0 fully saturated rings. The van der Waals surface area contributed by atoms with Crippen LogP contribution in [0.15, 0.2) is 22.8 Å². The van der Waals surface area contributed by atoms with Gasteiger partial charge in [-0.2, -0.15) is 0 Å². The van der Waals surface area contributed by atoms with Crippen LogP contribution in [0, 0.1) is 5.92 Å². The zero-order valence-corrected chi connectivity index (χ0v) is 11.1. The average molecular weight is 312 g/mol. The van der Waals surface area contributed by atoms with Crippen molar-refractivity contribution in [2.24, 2.45) is 5.92 Å². The number of tetrazole rings is 1. The number of rotatable bonds is 4. The molecule has 2 aromatic heterocycles. The second-order valence-electron chi connectivity index (χ2n) is 3.79. The average Bonchev–Trinajstić information content (AvgIpc) is 2.78. The van der Waals surface area contributed by atoms with Gasteiger partial charge < -0.3 is 5.11 Å². The number of halogens is 1. The number of carbonyl (C=O) groups is 1. The van der Waals surface area contributed by atoms with Crippen LogP contribution in [0.25, 0.3) is 11.5 Å². The van der Waals surface area contributed by atoms with E-state index in [0.717, 1.165) is 4.47 Å². The Labute approximate surface area is 111 Å². The Morgan fingerprint density at radius 2 is 2.33 bits per heavy atom. The predicted molar refractivity (Wildman–Crippen MR) is 65.5 cm³/mol. The van der Waals surface area contributed by atoms with Crippen LogP contribution in [0.1, 0.15) is 6.92 Å². The zero-order chi connectivity index (χ0) is 13.1. The summed E-state index contributed by atoms with van der Waals surface area (Å²) in [6.07, 6.45) is 1.63. The minimum atomic E-state index is -0.889. The lowest BCUT2D eigenvalue weighted by Crippen LogP contribution is -2.18. The summed E-state index contributed by atoms with van der Waals surface area (Å²) < 4.78 is 2.29. The van der Waals surface area contributed by atoms with Gasteiger partial charge in [-0.15, -0.1) is 5.10 Å². The molecule has 18 heavy (non-hydrogen) atoms. The van der Waals surface area contributed by atoms with E-state index in [1.165, 1.54) is 4.68 Å². The largest absolute Gasteiger partial charge is 0.481 e. The topological polar surface area (TPSA) is 93.8 Å². The molecule has 1 atom stereocenters. The van der Waals surface area contributed by atoms with Crippen molar-refractivity contribution in [1.29, 1.82) is 0 Å². The van der Waals surface area contributed by atoms with Gasteiger partial charge in [-0.05, 0) is 38.5 Å². The van der Waals surface area contributed by atoms with Crippen molar-refractivity contribution in [3.8, 4) is 11.5 Å². The van der Waals surface area contributed by atoms with E-state index in [0.29, 0.717) is 11.5 Å². The van der Waals surface area contributed by atoms with Crippen molar-refractivity contribution in [1.82, 2.24) is 25.2 Å². The van der Waals surface area contributed by atoms with Gasteiger partial charge in [0.05, 0.1) is 12.5 Å². The predicted octanol–water partition coefficient (Wildman–Crippen LogP) is 1.22. The zero-order valence-electron chi connectivity index (χ0n) is 9.49. The third-order valence-corrected chi connectivity index (χ3v) is 2.83. The fourth-order valence-corrected chi connectivity index (χ4v) is 1.59. The summed E-state index contributed by atoms with van der Waals surface area (Å²) in [7, 11) is 0. The van der Waals surface area contributed by atoms with Crippen molar-refractivity contribution in [3.63, 3.8) is 0 Å². The number of hydrogen-bond acceptors (Lipinski definition) is 5. The molecule has 2 aromatic rings. The number of pyridine rings is 1. The van der Waals surface area contributed by atoms with E-state index in [9.17, 15) is 4.79 Å². The lowest BCUT2D eigenvalue weighted by molar-refractivity contribution is -0.141. The Bertz CT molecular complexity index is 554. The van der Waals surface area contributed by atoms with Gasteiger partial charge in [0.25, 0.3) is 0 Å². The fraction of sp³-hybridized carbons (Fsp3) is 0.300. The second kappa shape index (κ2) is 5.21. The van der Waals surface area contributed by atoms with Gasteiger partial charge in [-0.25, -0.2) is 4.68 Å². The van der Waals surface area contributed by atoms with E-state index in [1.807, 2.05) is 6.07 Å². The highest BCUT2D eigenvalue weighted by molar-refractivity contribution is 9.10. The Kier molecular flexibility index (Phi) is 3.66. The van der Waals surface area contributed by atoms with E-state index < -0.39 is 11.9 Å². The number of carboxylic acid groups (broad SMARTS) is 1. The quantitative estimate of drug-likeness (QED) is 0.912. The van der Waals surface area contributed by atoms with Crippen LogP contribution in [-0.2, 0) is 11.3 Å². The minimum Gasteiger partial charge on any atom is -0.481 e. The van der Waals surface area contributed by atoms with Gasteiger partial charge in [-0.1, -0.05) is 6.92 Å². The maximum absolute atomic E-state index is 10.8. The van der Waals surface area contributed by atoms with Gasteiger partial charge in [-0.3, -0.25) is 9.78 Å². The number of aromatic nitrogens is 5. The second-order valence-corrected chi connectivity index (χ2v) is 4.70. The summed E-state index contributed by atoms with van der Waals surface area (Å²) in [5, 5.41) is 20.1. The maximum Gasteiger partial charge on any atom is 0.308 e. The van der Waals surface area contributed by atoms with E-state index in [4.69, 9.17) is 5.11 Å². The smallest absolute Gasteiger partial charge is 0.308 e. The SMILES string of the molecule is CC(Cn1nnnc1-c1ccc(Br)cn1)C(=O)O. The summed E-state index contributed by atoms with van der Waals surface area (Å²) in [5.41, 5.74) is 0.598. The van der Waals surface area contributed by atoms with Gasteiger partial charge in [0.15, 0.2) is 0 Å². The summed E-state index contributed by atoms with van der Waals surface area (Å²) in [4.78, 5) is 15.0. The Morgan fingerprint density at radius 1 is 1.56 bits per heavy atom. The molecule has 2 rings (SSSR count). The fourth-order valence-electron chi connectivity index (χ4n) is 1.36. The molecule has 1 unspecified atom stereocenters. The van der Waals surface area contributed by atoms with Gasteiger partial charge in [0.1, 0.15) is 5.69 Å². The third kappa shape index (κ3) is 2.70. The molecule has 0 spiro atoms. The van der Waals surface area contributed by atoms with Crippen molar-refractivity contribution >= 4 is 21.9 Å². The van der Waals surface area contributed by atoms with Crippen LogP contribution in [0.2, 0.25) is 0 Å². The molecule has 0 aliphatic carbocycles. The van der Waals surface area contributed by atoms with Gasteiger partial charge >= 0.3 is 5.97 Å². The van der Waals surface area contributed by atoms with Crippen molar-refractivity contribution in [3.05, 3.63) is 22.8 Å². The van der Waals surface area contributed by atoms with Crippen LogP contribution in [0.4, 0.5) is 0 Å². The van der Waals surface area contributed by atoms with Gasteiger partial charge in [0, 0.05) is 10.7 Å². The molecule has 0 aliphatic heterocycles. The van der Waals surface area contributed by atoms with E-state index in [2.05, 4.69) is 36.4 Å². The number of aliphatic carboxylic acids is 1. The molecule has 7 nitrogen and oxygen atoms in total. The molecule has 0 aliphatic rings. The van der Waals surface area contributed by atoms with E-state index >= 15 is 0 Å². The van der Waals surface area contributed by atoms with Gasteiger partial charge in [0.2, 0.25) is 5.82 Å². The Morgan fingerprint density at radius 3 is 2.94 bits per heavy atom. The number of carboxylic acids is 1. The highest BCUT2D eigenvalue weighted by Gasteiger charge is 2.17. The third-order valence-electron chi connectivity index (χ3n) is 2.36. The van der Waals surface area contributed by atoms with E-state index in [-0.39, 0.29) is 6.54 Å². The molecule has 0 amide bonds. The first-order valence-electron chi connectivity index (χ1n) is 5.19. The molecular formula is C10H10BrN5O2. The molecular weight excluding hydrogens is 302 g/mol. The molecule has 0 aromatic carbocycles. The highest BCUT2D eigenvalue weighted by atomic mass is 79.9. The minimum absolute atomic E-state index is 0.204. The lowest BCUT2D eigenvalue weighted by atomic mass is 10.2. The molecule has 8 heteroatoms. The van der Waals surface area contributed by atoms with Crippen LogP contribution >= 0.6 is 15.9 Å². The van der Waals surface area contributed by atoms with Crippen LogP contribution < -0.4 is 0 Å². The first-order chi connectivity index (χ1) is 8.58. The lowest BCUT2D eigenvalue weighted by Gasteiger charge is -2.07. The van der Waals surface area contributed by atoms with Crippen molar-refractivity contribution in [2.45, 2.75) is 13.5 Å². The number of nitrogens with zero attached hydrogens (tertiary/aromatic N) is 5. The Balaban J connectivity index is 2.27. The molecule has 0 radical (unpaired) electrons. The monoisotopic (exact) mass is 311 g/mol. The van der Waals surface area contributed by atoms with Crippen LogP contribution in [-0.4, -0.2) is 36.3 Å². The van der Waals surface area contributed by atoms with Crippen molar-refractivity contribution < 1.29 is 9.90 Å². The first kappa shape index (κ1) is 12.6. The molecule has 2 heterocycles. The summed E-state index contributed by atoms with van der Waals surface area (Å²) in [6.45, 7) is 1.80. The highest BCUT2D eigenvalue weighted by Crippen LogP contribution is 2.16. The van der Waals surface area contributed by atoms with Crippen molar-refractivity contribution in [2.75, 3.05) is 0 Å². The standard InChI is InChI=1S/C10H10BrN5O2/c1-6(10(17)18)5-16-9(13-14-15-16)8-3-2-7(11)4-12-8/h2-4,6H,5H2,1H3,(H,17,18). The van der Waals surface area contributed by atoms with E-state index in [1.54, 1.807) is 19.2 Å². The van der Waals surface area contributed by atoms with Crippen LogP contribution in [0.3, 0.4) is 0 Å². The molecule has 0 bridgehead atoms. The normalized spacial score (nSPS) is 12.3. The Hall–Kier alpha value is -1.83. The summed E-state index contributed by atoms with van der Waals surface area (Å²) >= 11 is 3.29. The molecule has 0 saturated heterocycles.